The third-order valence-electron chi connectivity index (χ3n) is 2.92. The Morgan fingerprint density at radius 2 is 1.76 bits per heavy atom. The molecule has 2 N–H and O–H groups in total. The zero-order valence-corrected chi connectivity index (χ0v) is 11.7. The van der Waals surface area contributed by atoms with Crippen molar-refractivity contribution in [2.45, 2.75) is 64.7 Å². The first-order valence-electron chi connectivity index (χ1n) is 6.41. The molecule has 0 aromatic heterocycles. The standard InChI is InChI=1S/C13H26N2O2/c1-6-7-10(14)11(16)15-8-12(2,3)17-13(4,5)9-15/h10H,6-9,14H2,1-5H3. The minimum Gasteiger partial charge on any atom is -0.366 e. The molecule has 1 unspecified atom stereocenters. The van der Waals surface area contributed by atoms with Crippen molar-refractivity contribution in [3.8, 4) is 0 Å². The van der Waals surface area contributed by atoms with E-state index in [0.29, 0.717) is 13.1 Å². The summed E-state index contributed by atoms with van der Waals surface area (Å²) in [5.74, 6) is 0.0521. The van der Waals surface area contributed by atoms with Crippen LogP contribution in [0.2, 0.25) is 0 Å². The monoisotopic (exact) mass is 242 g/mol. The van der Waals surface area contributed by atoms with Gasteiger partial charge in [-0.15, -0.1) is 0 Å². The molecule has 0 aliphatic carbocycles. The molecular formula is C13H26N2O2. The first kappa shape index (κ1) is 14.5. The molecule has 17 heavy (non-hydrogen) atoms. The number of nitrogens with zero attached hydrogens (tertiary/aromatic N) is 1. The van der Waals surface area contributed by atoms with Gasteiger partial charge in [0.05, 0.1) is 17.2 Å². The molecule has 0 aromatic rings. The number of carbonyl (C=O) groups is 1. The van der Waals surface area contributed by atoms with E-state index < -0.39 is 0 Å². The van der Waals surface area contributed by atoms with Crippen molar-refractivity contribution in [2.24, 2.45) is 5.73 Å². The van der Waals surface area contributed by atoms with E-state index in [-0.39, 0.29) is 23.2 Å². The van der Waals surface area contributed by atoms with Crippen molar-refractivity contribution in [1.29, 1.82) is 0 Å². The quantitative estimate of drug-likeness (QED) is 0.816. The predicted octanol–water partition coefficient (Wildman–Crippen LogP) is 1.53. The summed E-state index contributed by atoms with van der Waals surface area (Å²) < 4.78 is 5.95. The Labute approximate surface area is 104 Å². The molecular weight excluding hydrogens is 216 g/mol. The van der Waals surface area contributed by atoms with Crippen molar-refractivity contribution in [1.82, 2.24) is 4.90 Å². The molecule has 1 amide bonds. The number of hydrogen-bond acceptors (Lipinski definition) is 3. The van der Waals surface area contributed by atoms with Gasteiger partial charge in [0, 0.05) is 13.1 Å². The summed E-state index contributed by atoms with van der Waals surface area (Å²) in [4.78, 5) is 14.1. The van der Waals surface area contributed by atoms with Gasteiger partial charge in [-0.05, 0) is 34.1 Å². The first-order chi connectivity index (χ1) is 7.67. The van der Waals surface area contributed by atoms with Gasteiger partial charge in [0.25, 0.3) is 0 Å². The Kier molecular flexibility index (Phi) is 4.20. The van der Waals surface area contributed by atoms with Crippen LogP contribution < -0.4 is 5.73 Å². The molecule has 1 rings (SSSR count). The molecule has 0 bridgehead atoms. The smallest absolute Gasteiger partial charge is 0.239 e. The molecule has 1 fully saturated rings. The molecule has 0 aromatic carbocycles. The molecule has 100 valence electrons. The van der Waals surface area contributed by atoms with Crippen LogP contribution in [0, 0.1) is 0 Å². The van der Waals surface area contributed by atoms with Gasteiger partial charge >= 0.3 is 0 Å². The Morgan fingerprint density at radius 3 is 2.18 bits per heavy atom. The predicted molar refractivity (Wildman–Crippen MR) is 68.7 cm³/mol. The van der Waals surface area contributed by atoms with Crippen LogP contribution in [0.4, 0.5) is 0 Å². The lowest BCUT2D eigenvalue weighted by molar-refractivity contribution is -0.188. The van der Waals surface area contributed by atoms with E-state index in [4.69, 9.17) is 10.5 Å². The topological polar surface area (TPSA) is 55.6 Å². The zero-order valence-electron chi connectivity index (χ0n) is 11.7. The third-order valence-corrected chi connectivity index (χ3v) is 2.92. The van der Waals surface area contributed by atoms with E-state index in [2.05, 4.69) is 0 Å². The SMILES string of the molecule is CCCC(N)C(=O)N1CC(C)(C)OC(C)(C)C1. The fourth-order valence-electron chi connectivity index (χ4n) is 2.61. The Hall–Kier alpha value is -0.610. The molecule has 1 saturated heterocycles. The summed E-state index contributed by atoms with van der Waals surface area (Å²) in [5.41, 5.74) is 5.30. The minimum atomic E-state index is -0.371. The maximum Gasteiger partial charge on any atom is 0.239 e. The summed E-state index contributed by atoms with van der Waals surface area (Å²) >= 11 is 0. The van der Waals surface area contributed by atoms with Crippen LogP contribution in [0.15, 0.2) is 0 Å². The molecule has 1 heterocycles. The average Bonchev–Trinajstić information content (AvgIpc) is 2.12. The maximum atomic E-state index is 12.2. The minimum absolute atomic E-state index is 0.0521. The fourth-order valence-corrected chi connectivity index (χ4v) is 2.61. The van der Waals surface area contributed by atoms with Crippen LogP contribution in [-0.2, 0) is 9.53 Å². The molecule has 0 spiro atoms. The number of carbonyl (C=O) groups excluding carboxylic acids is 1. The fraction of sp³-hybridized carbons (Fsp3) is 0.923. The van der Waals surface area contributed by atoms with E-state index >= 15 is 0 Å². The second-order valence-corrected chi connectivity index (χ2v) is 6.21. The van der Waals surface area contributed by atoms with Crippen LogP contribution in [0.25, 0.3) is 0 Å². The van der Waals surface area contributed by atoms with Gasteiger partial charge in [-0.25, -0.2) is 0 Å². The number of rotatable bonds is 3. The number of amides is 1. The highest BCUT2D eigenvalue weighted by Crippen LogP contribution is 2.28. The van der Waals surface area contributed by atoms with E-state index in [0.717, 1.165) is 12.8 Å². The first-order valence-corrected chi connectivity index (χ1v) is 6.41. The highest BCUT2D eigenvalue weighted by Gasteiger charge is 2.40. The molecule has 1 aliphatic rings. The van der Waals surface area contributed by atoms with E-state index in [1.54, 1.807) is 0 Å². The number of hydrogen-bond donors (Lipinski definition) is 1. The number of nitrogens with two attached hydrogens (primary N) is 1. The van der Waals surface area contributed by atoms with Crippen molar-refractivity contribution in [2.75, 3.05) is 13.1 Å². The normalized spacial score (nSPS) is 24.5. The second kappa shape index (κ2) is 4.94. The van der Waals surface area contributed by atoms with E-state index in [9.17, 15) is 4.79 Å². The molecule has 1 atom stereocenters. The van der Waals surface area contributed by atoms with Crippen LogP contribution in [0.1, 0.15) is 47.5 Å². The van der Waals surface area contributed by atoms with E-state index in [1.807, 2.05) is 39.5 Å². The molecule has 4 nitrogen and oxygen atoms in total. The van der Waals surface area contributed by atoms with Crippen LogP contribution in [0.3, 0.4) is 0 Å². The van der Waals surface area contributed by atoms with E-state index in [1.165, 1.54) is 0 Å². The van der Waals surface area contributed by atoms with Gasteiger partial charge in [0.1, 0.15) is 0 Å². The lowest BCUT2D eigenvalue weighted by Gasteiger charge is -2.47. The van der Waals surface area contributed by atoms with Crippen molar-refractivity contribution < 1.29 is 9.53 Å². The molecule has 1 aliphatic heterocycles. The molecule has 0 saturated carbocycles. The van der Waals surface area contributed by atoms with Crippen molar-refractivity contribution in [3.63, 3.8) is 0 Å². The van der Waals surface area contributed by atoms with Gasteiger partial charge in [-0.2, -0.15) is 0 Å². The summed E-state index contributed by atoms with van der Waals surface area (Å²) in [7, 11) is 0. The van der Waals surface area contributed by atoms with Gasteiger partial charge in [-0.3, -0.25) is 4.79 Å². The summed E-state index contributed by atoms with van der Waals surface area (Å²) in [5, 5.41) is 0. The average molecular weight is 242 g/mol. The van der Waals surface area contributed by atoms with Crippen LogP contribution in [0.5, 0.6) is 0 Å². The van der Waals surface area contributed by atoms with Gasteiger partial charge in [0.2, 0.25) is 5.91 Å². The molecule has 4 heteroatoms. The van der Waals surface area contributed by atoms with Crippen molar-refractivity contribution >= 4 is 5.91 Å². The van der Waals surface area contributed by atoms with Crippen LogP contribution in [-0.4, -0.2) is 41.1 Å². The number of ether oxygens (including phenoxy) is 1. The summed E-state index contributed by atoms with van der Waals surface area (Å²) in [6.07, 6.45) is 1.68. The van der Waals surface area contributed by atoms with Crippen molar-refractivity contribution in [3.05, 3.63) is 0 Å². The van der Waals surface area contributed by atoms with Gasteiger partial charge in [-0.1, -0.05) is 13.3 Å². The molecule has 0 radical (unpaired) electrons. The third kappa shape index (κ3) is 3.96. The maximum absolute atomic E-state index is 12.2. The summed E-state index contributed by atoms with van der Waals surface area (Å²) in [6, 6.07) is -0.371. The number of morpholine rings is 1. The Balaban J connectivity index is 2.74. The highest BCUT2D eigenvalue weighted by atomic mass is 16.5. The van der Waals surface area contributed by atoms with Gasteiger partial charge in [0.15, 0.2) is 0 Å². The summed E-state index contributed by atoms with van der Waals surface area (Å²) in [6.45, 7) is 11.3. The lowest BCUT2D eigenvalue weighted by Crippen LogP contribution is -2.61. The van der Waals surface area contributed by atoms with Gasteiger partial charge < -0.3 is 15.4 Å². The Bertz CT molecular complexity index is 271. The van der Waals surface area contributed by atoms with Crippen LogP contribution >= 0.6 is 0 Å². The lowest BCUT2D eigenvalue weighted by atomic mass is 9.98. The highest BCUT2D eigenvalue weighted by molar-refractivity contribution is 5.81. The second-order valence-electron chi connectivity index (χ2n) is 6.21. The Morgan fingerprint density at radius 1 is 1.29 bits per heavy atom. The zero-order chi connectivity index (χ0) is 13.3. The largest absolute Gasteiger partial charge is 0.366 e.